The molecule has 1 spiro atoms. The van der Waals surface area contributed by atoms with Gasteiger partial charge in [-0.15, -0.1) is 0 Å². The largest absolute Gasteiger partial charge is 0.481 e. The number of fused-ring (bicyclic) bond motifs is 2. The van der Waals surface area contributed by atoms with Crippen molar-refractivity contribution in [1.82, 2.24) is 0 Å². The topological polar surface area (TPSA) is 92.9 Å². The van der Waals surface area contributed by atoms with Gasteiger partial charge in [-0.2, -0.15) is 0 Å². The second kappa shape index (κ2) is 7.72. The van der Waals surface area contributed by atoms with Crippen LogP contribution in [0.5, 0.6) is 5.75 Å². The number of unbranched alkanes of at least 4 members (excludes halogenated alkanes) is 2. The molecule has 31 heavy (non-hydrogen) atoms. The van der Waals surface area contributed by atoms with Crippen LogP contribution in [0, 0.1) is 10.1 Å². The Morgan fingerprint density at radius 3 is 2.68 bits per heavy atom. The molecule has 0 aliphatic carbocycles. The van der Waals surface area contributed by atoms with Gasteiger partial charge in [0.05, 0.1) is 10.3 Å². The standard InChI is InChI=1S/C24H26N2O5/c1-23(2)19-8-5-6-9-20(19)25(15-7-3-4-10-22(27)28)24(23)14-13-17-16-18(26(29)30)11-12-21(17)31-24/h5-6,8-9,11-14,16H,3-4,7,10,15H2,1-2H3,(H,27,28). The van der Waals surface area contributed by atoms with Crippen molar-refractivity contribution in [2.45, 2.75) is 50.7 Å². The van der Waals surface area contributed by atoms with Gasteiger partial charge in [-0.1, -0.05) is 24.6 Å². The maximum Gasteiger partial charge on any atom is 0.303 e. The Morgan fingerprint density at radius 1 is 1.16 bits per heavy atom. The molecule has 0 saturated heterocycles. The summed E-state index contributed by atoms with van der Waals surface area (Å²) in [7, 11) is 0. The number of hydrogen-bond donors (Lipinski definition) is 1. The zero-order valence-electron chi connectivity index (χ0n) is 17.7. The lowest BCUT2D eigenvalue weighted by Crippen LogP contribution is -2.59. The number of hydrogen-bond acceptors (Lipinski definition) is 5. The van der Waals surface area contributed by atoms with Crippen molar-refractivity contribution >= 4 is 23.4 Å². The van der Waals surface area contributed by atoms with Gasteiger partial charge >= 0.3 is 5.97 Å². The van der Waals surface area contributed by atoms with Crippen molar-refractivity contribution in [3.63, 3.8) is 0 Å². The van der Waals surface area contributed by atoms with Gasteiger partial charge in [-0.25, -0.2) is 0 Å². The van der Waals surface area contributed by atoms with E-state index in [9.17, 15) is 14.9 Å². The summed E-state index contributed by atoms with van der Waals surface area (Å²) in [4.78, 5) is 23.8. The molecular weight excluding hydrogens is 396 g/mol. The van der Waals surface area contributed by atoms with Crippen LogP contribution in [-0.4, -0.2) is 28.3 Å². The van der Waals surface area contributed by atoms with E-state index in [1.807, 2.05) is 24.3 Å². The van der Waals surface area contributed by atoms with E-state index < -0.39 is 16.6 Å². The number of rotatable bonds is 7. The summed E-state index contributed by atoms with van der Waals surface area (Å²) in [5.74, 6) is -0.154. The lowest BCUT2D eigenvalue weighted by molar-refractivity contribution is -0.384. The highest BCUT2D eigenvalue weighted by Gasteiger charge is 2.58. The molecule has 0 bridgehead atoms. The number of non-ortho nitro benzene ring substituents is 1. The van der Waals surface area contributed by atoms with E-state index >= 15 is 0 Å². The average Bonchev–Trinajstić information content (AvgIpc) is 2.91. The van der Waals surface area contributed by atoms with Crippen molar-refractivity contribution in [2.24, 2.45) is 0 Å². The Balaban J connectivity index is 1.68. The molecule has 1 unspecified atom stereocenters. The van der Waals surface area contributed by atoms with E-state index in [-0.39, 0.29) is 17.5 Å². The number of aliphatic carboxylic acids is 1. The van der Waals surface area contributed by atoms with Gasteiger partial charge < -0.3 is 14.7 Å². The fraction of sp³-hybridized carbons (Fsp3) is 0.375. The maximum atomic E-state index is 11.1. The Kier molecular flexibility index (Phi) is 5.21. The first-order valence-electron chi connectivity index (χ1n) is 10.5. The third kappa shape index (κ3) is 3.44. The minimum Gasteiger partial charge on any atom is -0.481 e. The molecule has 2 heterocycles. The zero-order valence-corrected chi connectivity index (χ0v) is 17.7. The van der Waals surface area contributed by atoms with E-state index in [2.05, 4.69) is 30.9 Å². The summed E-state index contributed by atoms with van der Waals surface area (Å²) >= 11 is 0. The van der Waals surface area contributed by atoms with Crippen molar-refractivity contribution in [3.8, 4) is 5.75 Å². The highest BCUT2D eigenvalue weighted by atomic mass is 16.6. The van der Waals surface area contributed by atoms with Gasteiger partial charge in [0.25, 0.3) is 5.69 Å². The van der Waals surface area contributed by atoms with E-state index in [0.29, 0.717) is 24.3 Å². The lowest BCUT2D eigenvalue weighted by atomic mass is 9.76. The molecule has 7 nitrogen and oxygen atoms in total. The predicted octanol–water partition coefficient (Wildman–Crippen LogP) is 5.14. The number of nitro groups is 1. The highest BCUT2D eigenvalue weighted by molar-refractivity contribution is 5.73. The fourth-order valence-corrected chi connectivity index (χ4v) is 4.71. The molecule has 7 heteroatoms. The smallest absolute Gasteiger partial charge is 0.303 e. The SMILES string of the molecule is CC1(C)c2ccccc2N(CCCCCC(=O)O)C12C=Cc1cc([N+](=O)[O-])ccc1O2. The number of anilines is 1. The van der Waals surface area contributed by atoms with Crippen LogP contribution >= 0.6 is 0 Å². The molecule has 0 amide bonds. The van der Waals surface area contributed by atoms with Gasteiger partial charge in [-0.05, 0) is 56.5 Å². The van der Waals surface area contributed by atoms with Gasteiger partial charge in [0.1, 0.15) is 5.75 Å². The predicted molar refractivity (Wildman–Crippen MR) is 118 cm³/mol. The van der Waals surface area contributed by atoms with E-state index in [4.69, 9.17) is 9.84 Å². The number of nitro benzene ring substituents is 1. The zero-order chi connectivity index (χ0) is 22.2. The first kappa shape index (κ1) is 20.9. The van der Waals surface area contributed by atoms with E-state index in [0.717, 1.165) is 18.5 Å². The van der Waals surface area contributed by atoms with Crippen molar-refractivity contribution < 1.29 is 19.6 Å². The quantitative estimate of drug-likeness (QED) is 0.377. The monoisotopic (exact) mass is 422 g/mol. The van der Waals surface area contributed by atoms with Crippen LogP contribution in [0.25, 0.3) is 6.08 Å². The molecule has 4 rings (SSSR count). The summed E-state index contributed by atoms with van der Waals surface area (Å²) in [6.45, 7) is 5.01. The lowest BCUT2D eigenvalue weighted by Gasteiger charge is -2.47. The summed E-state index contributed by atoms with van der Waals surface area (Å²) in [5.41, 5.74) is 1.85. The summed E-state index contributed by atoms with van der Waals surface area (Å²) in [6.07, 6.45) is 6.39. The summed E-state index contributed by atoms with van der Waals surface area (Å²) in [5, 5.41) is 20.0. The third-order valence-corrected chi connectivity index (χ3v) is 6.40. The van der Waals surface area contributed by atoms with Gasteiger partial charge in [-0.3, -0.25) is 14.9 Å². The first-order chi connectivity index (χ1) is 14.8. The molecule has 2 aromatic carbocycles. The van der Waals surface area contributed by atoms with Crippen LogP contribution in [0.1, 0.15) is 50.7 Å². The Morgan fingerprint density at radius 2 is 1.94 bits per heavy atom. The summed E-state index contributed by atoms with van der Waals surface area (Å²) < 4.78 is 6.64. The summed E-state index contributed by atoms with van der Waals surface area (Å²) in [6, 6.07) is 12.9. The van der Waals surface area contributed by atoms with Crippen molar-refractivity contribution in [1.29, 1.82) is 0 Å². The van der Waals surface area contributed by atoms with Crippen LogP contribution in [0.3, 0.4) is 0 Å². The molecule has 2 aliphatic heterocycles. The average molecular weight is 422 g/mol. The molecule has 0 aromatic heterocycles. The number of para-hydroxylation sites is 1. The van der Waals surface area contributed by atoms with Crippen molar-refractivity contribution in [3.05, 3.63) is 69.8 Å². The second-order valence-electron chi connectivity index (χ2n) is 8.61. The fourth-order valence-electron chi connectivity index (χ4n) is 4.71. The number of benzene rings is 2. The highest BCUT2D eigenvalue weighted by Crippen LogP contribution is 2.55. The maximum absolute atomic E-state index is 11.1. The molecule has 1 atom stereocenters. The first-order valence-corrected chi connectivity index (χ1v) is 10.5. The van der Waals surface area contributed by atoms with Crippen LogP contribution in [0.15, 0.2) is 48.5 Å². The van der Waals surface area contributed by atoms with E-state index in [1.54, 1.807) is 6.07 Å². The molecule has 2 aromatic rings. The normalized spacial score (nSPS) is 20.3. The Hall–Kier alpha value is -3.35. The second-order valence-corrected chi connectivity index (χ2v) is 8.61. The van der Waals surface area contributed by atoms with Crippen LogP contribution in [0.2, 0.25) is 0 Å². The van der Waals surface area contributed by atoms with Crippen LogP contribution < -0.4 is 9.64 Å². The Bertz CT molecular complexity index is 1060. The van der Waals surface area contributed by atoms with E-state index in [1.165, 1.54) is 17.7 Å². The molecular formula is C24H26N2O5. The minimum atomic E-state index is -0.771. The molecule has 1 N–H and O–H groups in total. The number of carbonyl (C=O) groups is 1. The Labute approximate surface area is 181 Å². The van der Waals surface area contributed by atoms with Crippen LogP contribution in [-0.2, 0) is 10.2 Å². The number of nitrogens with zero attached hydrogens (tertiary/aromatic N) is 2. The van der Waals surface area contributed by atoms with Gasteiger partial charge in [0, 0.05) is 36.3 Å². The minimum absolute atomic E-state index is 0.0344. The number of carboxylic acids is 1. The third-order valence-electron chi connectivity index (χ3n) is 6.40. The van der Waals surface area contributed by atoms with Gasteiger partial charge in [0.2, 0.25) is 5.72 Å². The molecule has 162 valence electrons. The van der Waals surface area contributed by atoms with Crippen molar-refractivity contribution in [2.75, 3.05) is 11.4 Å². The molecule has 2 aliphatic rings. The van der Waals surface area contributed by atoms with Gasteiger partial charge in [0.15, 0.2) is 0 Å². The molecule has 0 fully saturated rings. The molecule has 0 saturated carbocycles. The molecule has 0 radical (unpaired) electrons. The van der Waals surface area contributed by atoms with Crippen LogP contribution in [0.4, 0.5) is 11.4 Å². The number of carboxylic acid groups (broad SMARTS) is 1. The number of ether oxygens (including phenoxy) is 1.